The number of fused-ring (bicyclic) bond motifs is 2. The van der Waals surface area contributed by atoms with Crippen molar-refractivity contribution < 1.29 is 18.9 Å². The van der Waals surface area contributed by atoms with E-state index in [1.165, 1.54) is 23.9 Å². The first-order chi connectivity index (χ1) is 19.1. The Hall–Kier alpha value is -3.23. The normalized spacial score (nSPS) is 26.1. The fourth-order valence-electron chi connectivity index (χ4n) is 6.13. The molecule has 12 nitrogen and oxygen atoms in total. The number of amides is 2. The number of thioether (sulfide) groups is 1. The number of hydrogen-bond acceptors (Lipinski definition) is 10. The highest BCUT2D eigenvalue weighted by molar-refractivity contribution is 8.00. The second kappa shape index (κ2) is 11.7. The molecule has 2 aliphatic carbocycles. The standard InChI is InChI=1S/C25H30ClFN8O4S/c1-33-4-6-34(7-5-33)18-3-2-14(35(38)39)10-17(18)30-20(36)12-40-19-9-13-8-15(19)22(21(13)23(28)37)31-24-16(27)11-29-25(26)32-24/h2-3,10-11,13,15,19,21-22H,4-9,12H2,1H3,(H2,28,37)(H,30,36)(H,29,31,32)/t13-,15+,19+,21-,22+/m0/s1. The fourth-order valence-corrected chi connectivity index (χ4v) is 7.62. The van der Waals surface area contributed by atoms with Crippen molar-refractivity contribution in [2.75, 3.05) is 54.5 Å². The van der Waals surface area contributed by atoms with E-state index in [9.17, 15) is 24.1 Å². The monoisotopic (exact) mass is 592 g/mol. The van der Waals surface area contributed by atoms with E-state index >= 15 is 0 Å². The molecule has 2 aromatic rings. The van der Waals surface area contributed by atoms with Crippen LogP contribution in [-0.4, -0.2) is 81.9 Å². The number of nitro groups is 1. The number of piperazine rings is 1. The topological polar surface area (TPSA) is 160 Å². The highest BCUT2D eigenvalue weighted by Crippen LogP contribution is 2.53. The molecule has 3 fully saturated rings. The van der Waals surface area contributed by atoms with Gasteiger partial charge in [0.1, 0.15) is 0 Å². The highest BCUT2D eigenvalue weighted by atomic mass is 35.5. The van der Waals surface area contributed by atoms with Gasteiger partial charge < -0.3 is 26.2 Å². The van der Waals surface area contributed by atoms with Gasteiger partial charge in [-0.05, 0) is 49.4 Å². The van der Waals surface area contributed by atoms with E-state index in [4.69, 9.17) is 17.3 Å². The number of primary amides is 1. The van der Waals surface area contributed by atoms with Gasteiger partial charge in [0.05, 0.1) is 34.2 Å². The molecule has 1 aromatic heterocycles. The van der Waals surface area contributed by atoms with E-state index in [0.29, 0.717) is 18.5 Å². The molecule has 1 aliphatic heterocycles. The number of nitrogens with one attached hydrogen (secondary N) is 2. The van der Waals surface area contributed by atoms with Gasteiger partial charge in [0.2, 0.25) is 17.1 Å². The number of carbonyl (C=O) groups excluding carboxylic acids is 2. The molecule has 2 heterocycles. The van der Waals surface area contributed by atoms with Gasteiger partial charge in [-0.3, -0.25) is 19.7 Å². The number of carbonyl (C=O) groups is 2. The molecule has 3 aliphatic rings. The van der Waals surface area contributed by atoms with Crippen molar-refractivity contribution in [1.82, 2.24) is 14.9 Å². The first kappa shape index (κ1) is 28.3. The molecule has 0 unspecified atom stereocenters. The van der Waals surface area contributed by atoms with Crippen LogP contribution in [0.25, 0.3) is 0 Å². The zero-order valence-electron chi connectivity index (χ0n) is 21.8. The lowest BCUT2D eigenvalue weighted by molar-refractivity contribution is -0.384. The molecule has 40 heavy (non-hydrogen) atoms. The summed E-state index contributed by atoms with van der Waals surface area (Å²) in [6.45, 7) is 3.17. The Labute approximate surface area is 239 Å². The Balaban J connectivity index is 1.26. The summed E-state index contributed by atoms with van der Waals surface area (Å²) < 4.78 is 14.3. The third kappa shape index (κ3) is 5.93. The van der Waals surface area contributed by atoms with E-state index in [0.717, 1.165) is 38.1 Å². The predicted octanol–water partition coefficient (Wildman–Crippen LogP) is 2.59. The average Bonchev–Trinajstić information content (AvgIpc) is 3.48. The second-order valence-electron chi connectivity index (χ2n) is 10.5. The van der Waals surface area contributed by atoms with Crippen molar-refractivity contribution in [3.05, 3.63) is 45.6 Å². The van der Waals surface area contributed by atoms with Crippen molar-refractivity contribution in [3.8, 4) is 0 Å². The van der Waals surface area contributed by atoms with Crippen molar-refractivity contribution in [1.29, 1.82) is 0 Å². The average molecular weight is 593 g/mol. The Morgan fingerprint density at radius 2 is 2.02 bits per heavy atom. The van der Waals surface area contributed by atoms with Crippen LogP contribution in [0.1, 0.15) is 12.8 Å². The van der Waals surface area contributed by atoms with Crippen molar-refractivity contribution >= 4 is 58.1 Å². The summed E-state index contributed by atoms with van der Waals surface area (Å²) in [5.74, 6) is -1.96. The number of rotatable bonds is 9. The minimum absolute atomic E-state index is 0.00143. The molecular weight excluding hydrogens is 563 g/mol. The summed E-state index contributed by atoms with van der Waals surface area (Å²) in [7, 11) is 2.04. The van der Waals surface area contributed by atoms with Crippen LogP contribution >= 0.6 is 23.4 Å². The maximum Gasteiger partial charge on any atom is 0.271 e. The van der Waals surface area contributed by atoms with Crippen molar-refractivity contribution in [2.45, 2.75) is 24.1 Å². The number of likely N-dealkylation sites (N-methyl/N-ethyl adjacent to an activating group) is 1. The minimum Gasteiger partial charge on any atom is -0.369 e. The van der Waals surface area contributed by atoms with Gasteiger partial charge >= 0.3 is 0 Å². The van der Waals surface area contributed by atoms with Crippen LogP contribution in [-0.2, 0) is 9.59 Å². The number of nitro benzene ring substituents is 1. The minimum atomic E-state index is -0.688. The van der Waals surface area contributed by atoms with Crippen LogP contribution in [0.2, 0.25) is 5.28 Å². The van der Waals surface area contributed by atoms with Crippen LogP contribution in [0, 0.1) is 33.7 Å². The summed E-state index contributed by atoms with van der Waals surface area (Å²) >= 11 is 7.29. The Morgan fingerprint density at radius 3 is 2.73 bits per heavy atom. The number of nitrogens with two attached hydrogens (primary N) is 1. The van der Waals surface area contributed by atoms with E-state index in [-0.39, 0.29) is 45.5 Å². The third-order valence-corrected chi connectivity index (χ3v) is 9.61. The lowest BCUT2D eigenvalue weighted by Crippen LogP contribution is -2.46. The molecule has 2 amide bonds. The molecule has 0 spiro atoms. The SMILES string of the molecule is CN1CCN(c2ccc([N+](=O)[O-])cc2NC(=O)CS[C@@H]2C[C@@H]3C[C@H]2[C@@H](Nc2nc(Cl)ncc2F)[C@H]3C(N)=O)CC1. The maximum absolute atomic E-state index is 14.3. The first-order valence-corrected chi connectivity index (χ1v) is 14.4. The van der Waals surface area contributed by atoms with Crippen molar-refractivity contribution in [2.24, 2.45) is 23.5 Å². The Kier molecular flexibility index (Phi) is 8.29. The number of hydrogen-bond donors (Lipinski definition) is 3. The van der Waals surface area contributed by atoms with Crippen LogP contribution in [0.5, 0.6) is 0 Å². The van der Waals surface area contributed by atoms with E-state index in [1.54, 1.807) is 6.07 Å². The van der Waals surface area contributed by atoms with Gasteiger partial charge in [-0.1, -0.05) is 0 Å². The number of nitrogens with zero attached hydrogens (tertiary/aromatic N) is 5. The molecule has 1 aromatic carbocycles. The first-order valence-electron chi connectivity index (χ1n) is 13.0. The van der Waals surface area contributed by atoms with E-state index in [1.807, 2.05) is 7.05 Å². The second-order valence-corrected chi connectivity index (χ2v) is 12.0. The lowest BCUT2D eigenvalue weighted by atomic mass is 9.83. The van der Waals surface area contributed by atoms with Crippen LogP contribution in [0.3, 0.4) is 0 Å². The van der Waals surface area contributed by atoms with Gasteiger partial charge in [-0.2, -0.15) is 4.98 Å². The maximum atomic E-state index is 14.3. The third-order valence-electron chi connectivity index (χ3n) is 8.03. The lowest BCUT2D eigenvalue weighted by Gasteiger charge is -2.35. The largest absolute Gasteiger partial charge is 0.369 e. The van der Waals surface area contributed by atoms with Crippen LogP contribution in [0.15, 0.2) is 24.4 Å². The smallest absolute Gasteiger partial charge is 0.271 e. The summed E-state index contributed by atoms with van der Waals surface area (Å²) in [5.41, 5.74) is 6.76. The van der Waals surface area contributed by atoms with Crippen LogP contribution in [0.4, 0.5) is 27.3 Å². The predicted molar refractivity (Wildman–Crippen MR) is 151 cm³/mol. The molecule has 214 valence electrons. The number of halogens is 2. The molecule has 5 rings (SSSR count). The van der Waals surface area contributed by atoms with E-state index in [2.05, 4.69) is 30.4 Å². The number of aromatic nitrogens is 2. The zero-order chi connectivity index (χ0) is 28.6. The number of non-ortho nitro benzene ring substituents is 1. The molecule has 1 saturated heterocycles. The van der Waals surface area contributed by atoms with E-state index < -0.39 is 28.6 Å². The Bertz CT molecular complexity index is 1310. The summed E-state index contributed by atoms with van der Waals surface area (Å²) in [6.07, 6.45) is 2.37. The van der Waals surface area contributed by atoms with Gasteiger partial charge in [0, 0.05) is 49.6 Å². The van der Waals surface area contributed by atoms with Gasteiger partial charge in [-0.15, -0.1) is 11.8 Å². The summed E-state index contributed by atoms with van der Waals surface area (Å²) in [4.78, 5) is 48.1. The number of anilines is 3. The van der Waals surface area contributed by atoms with Crippen molar-refractivity contribution in [3.63, 3.8) is 0 Å². The molecule has 5 atom stereocenters. The molecule has 4 N–H and O–H groups in total. The fraction of sp³-hybridized carbons (Fsp3) is 0.520. The van der Waals surface area contributed by atoms with Crippen LogP contribution < -0.4 is 21.3 Å². The molecule has 2 bridgehead atoms. The highest BCUT2D eigenvalue weighted by Gasteiger charge is 2.55. The van der Waals surface area contributed by atoms with Gasteiger partial charge in [0.25, 0.3) is 5.69 Å². The molecule has 15 heteroatoms. The molecule has 0 radical (unpaired) electrons. The summed E-state index contributed by atoms with van der Waals surface area (Å²) in [5, 5.41) is 17.2. The van der Waals surface area contributed by atoms with Gasteiger partial charge in [0.15, 0.2) is 11.6 Å². The summed E-state index contributed by atoms with van der Waals surface area (Å²) in [6, 6.07) is 4.06. The zero-order valence-corrected chi connectivity index (χ0v) is 23.3. The number of benzene rings is 1. The van der Waals surface area contributed by atoms with Gasteiger partial charge in [-0.25, -0.2) is 9.37 Å². The Morgan fingerprint density at radius 1 is 1.27 bits per heavy atom. The quantitative estimate of drug-likeness (QED) is 0.224. The molecule has 2 saturated carbocycles. The molecular formula is C25H30ClFN8O4S.